The lowest BCUT2D eigenvalue weighted by Gasteiger charge is -2.16. The molecule has 0 aliphatic carbocycles. The van der Waals surface area contributed by atoms with Gasteiger partial charge >= 0.3 is 11.7 Å². The SMILES string of the molecule is CCOC(=O)[C@@H](C)Sc1nc2c(c(=O)[nH]c(=O)n2C)n1C[C@H](O)COc1ccc(Br)cc1. The van der Waals surface area contributed by atoms with Crippen LogP contribution in [0.15, 0.2) is 43.5 Å². The predicted octanol–water partition coefficient (Wildman–Crippen LogP) is 1.67. The summed E-state index contributed by atoms with van der Waals surface area (Å²) >= 11 is 4.42. The zero-order chi connectivity index (χ0) is 23.4. The highest BCUT2D eigenvalue weighted by atomic mass is 79.9. The number of ether oxygens (including phenoxy) is 2. The van der Waals surface area contributed by atoms with Crippen LogP contribution >= 0.6 is 27.7 Å². The van der Waals surface area contributed by atoms with E-state index in [9.17, 15) is 19.5 Å². The molecule has 2 heterocycles. The number of aromatic amines is 1. The molecule has 0 saturated carbocycles. The van der Waals surface area contributed by atoms with E-state index in [1.165, 1.54) is 16.2 Å². The first-order valence-electron chi connectivity index (χ1n) is 9.80. The molecule has 2 atom stereocenters. The highest BCUT2D eigenvalue weighted by Crippen LogP contribution is 2.26. The minimum atomic E-state index is -0.995. The van der Waals surface area contributed by atoms with Gasteiger partial charge in [0.25, 0.3) is 5.56 Å². The number of esters is 1. The third kappa shape index (κ3) is 5.43. The lowest BCUT2D eigenvalue weighted by molar-refractivity contribution is -0.142. The average molecular weight is 527 g/mol. The fraction of sp³-hybridized carbons (Fsp3) is 0.400. The molecule has 0 bridgehead atoms. The van der Waals surface area contributed by atoms with Crippen LogP contribution in [0.25, 0.3) is 11.2 Å². The maximum Gasteiger partial charge on any atom is 0.329 e. The number of aliphatic hydroxyl groups excluding tert-OH is 1. The van der Waals surface area contributed by atoms with Gasteiger partial charge in [-0.05, 0) is 38.1 Å². The molecule has 3 aromatic rings. The molecule has 10 nitrogen and oxygen atoms in total. The molecule has 2 aromatic heterocycles. The molecule has 0 aliphatic heterocycles. The summed E-state index contributed by atoms with van der Waals surface area (Å²) in [4.78, 5) is 43.3. The number of carbonyl (C=O) groups is 1. The minimum Gasteiger partial charge on any atom is -0.491 e. The van der Waals surface area contributed by atoms with Crippen LogP contribution in [0.5, 0.6) is 5.75 Å². The van der Waals surface area contributed by atoms with Gasteiger partial charge in [-0.15, -0.1) is 0 Å². The number of benzene rings is 1. The first-order chi connectivity index (χ1) is 15.2. The van der Waals surface area contributed by atoms with E-state index in [1.807, 2.05) is 12.1 Å². The molecule has 0 saturated heterocycles. The first-order valence-corrected chi connectivity index (χ1v) is 11.5. The second-order valence-corrected chi connectivity index (χ2v) is 9.15. The average Bonchev–Trinajstić information content (AvgIpc) is 3.10. The van der Waals surface area contributed by atoms with E-state index < -0.39 is 28.6 Å². The monoisotopic (exact) mass is 526 g/mol. The van der Waals surface area contributed by atoms with E-state index in [4.69, 9.17) is 9.47 Å². The van der Waals surface area contributed by atoms with Crippen LogP contribution < -0.4 is 16.0 Å². The number of aryl methyl sites for hydroxylation is 1. The molecule has 0 unspecified atom stereocenters. The second kappa shape index (κ2) is 10.4. The Morgan fingerprint density at radius 1 is 1.31 bits per heavy atom. The van der Waals surface area contributed by atoms with Crippen molar-refractivity contribution < 1.29 is 19.4 Å². The number of halogens is 1. The molecular formula is C20H23BrN4O6S. The van der Waals surface area contributed by atoms with Crippen molar-refractivity contribution in [1.29, 1.82) is 0 Å². The van der Waals surface area contributed by atoms with Crippen LogP contribution in [-0.4, -0.2) is 54.7 Å². The molecule has 0 spiro atoms. The number of hydrogen-bond acceptors (Lipinski definition) is 8. The number of carbonyl (C=O) groups excluding carboxylic acids is 1. The van der Waals surface area contributed by atoms with Crippen LogP contribution in [0.3, 0.4) is 0 Å². The van der Waals surface area contributed by atoms with Crippen molar-refractivity contribution in [1.82, 2.24) is 19.1 Å². The van der Waals surface area contributed by atoms with Crippen LogP contribution in [0.2, 0.25) is 0 Å². The van der Waals surface area contributed by atoms with E-state index in [2.05, 4.69) is 25.9 Å². The fourth-order valence-electron chi connectivity index (χ4n) is 2.93. The lowest BCUT2D eigenvalue weighted by atomic mass is 10.3. The molecule has 12 heteroatoms. The van der Waals surface area contributed by atoms with Crippen molar-refractivity contribution in [2.75, 3.05) is 13.2 Å². The Labute approximate surface area is 195 Å². The molecule has 0 aliphatic rings. The second-order valence-electron chi connectivity index (χ2n) is 6.93. The Kier molecular flexibility index (Phi) is 7.80. The quantitative estimate of drug-likeness (QED) is 0.318. The first kappa shape index (κ1) is 24.1. The number of hydrogen-bond donors (Lipinski definition) is 2. The molecular weight excluding hydrogens is 504 g/mol. The highest BCUT2D eigenvalue weighted by molar-refractivity contribution is 9.10. The largest absolute Gasteiger partial charge is 0.491 e. The molecule has 3 rings (SSSR count). The third-order valence-electron chi connectivity index (χ3n) is 4.52. The van der Waals surface area contributed by atoms with E-state index in [-0.39, 0.29) is 30.9 Å². The van der Waals surface area contributed by atoms with E-state index in [1.54, 1.807) is 26.0 Å². The number of H-pyrrole nitrogens is 1. The van der Waals surface area contributed by atoms with Crippen molar-refractivity contribution in [3.05, 3.63) is 49.6 Å². The van der Waals surface area contributed by atoms with Gasteiger partial charge in [0.05, 0.1) is 13.2 Å². The van der Waals surface area contributed by atoms with Gasteiger partial charge in [0.1, 0.15) is 23.7 Å². The Hall–Kier alpha value is -2.57. The fourth-order valence-corrected chi connectivity index (χ4v) is 4.10. The van der Waals surface area contributed by atoms with Crippen molar-refractivity contribution >= 4 is 44.8 Å². The normalized spacial score (nSPS) is 13.2. The van der Waals surface area contributed by atoms with Gasteiger partial charge in [-0.25, -0.2) is 9.78 Å². The smallest absolute Gasteiger partial charge is 0.329 e. The van der Waals surface area contributed by atoms with Gasteiger partial charge in [-0.2, -0.15) is 0 Å². The van der Waals surface area contributed by atoms with Crippen molar-refractivity contribution in [3.63, 3.8) is 0 Å². The van der Waals surface area contributed by atoms with Crippen LogP contribution in [-0.2, 0) is 23.1 Å². The topological polar surface area (TPSA) is 128 Å². The summed E-state index contributed by atoms with van der Waals surface area (Å²) in [5.41, 5.74) is -0.972. The summed E-state index contributed by atoms with van der Waals surface area (Å²) in [6, 6.07) is 7.14. The van der Waals surface area contributed by atoms with Crippen molar-refractivity contribution in [2.45, 2.75) is 36.9 Å². The zero-order valence-corrected chi connectivity index (χ0v) is 20.1. The van der Waals surface area contributed by atoms with E-state index in [0.29, 0.717) is 10.9 Å². The Bertz CT molecular complexity index is 1220. The van der Waals surface area contributed by atoms with E-state index >= 15 is 0 Å². The molecule has 2 N–H and O–H groups in total. The molecule has 32 heavy (non-hydrogen) atoms. The zero-order valence-electron chi connectivity index (χ0n) is 17.7. The number of rotatable bonds is 9. The summed E-state index contributed by atoms with van der Waals surface area (Å²) in [6.45, 7) is 3.53. The van der Waals surface area contributed by atoms with Crippen LogP contribution in [0.1, 0.15) is 13.8 Å². The number of fused-ring (bicyclic) bond motifs is 1. The summed E-state index contributed by atoms with van der Waals surface area (Å²) in [6.07, 6.45) is -0.995. The van der Waals surface area contributed by atoms with Gasteiger partial charge < -0.3 is 19.1 Å². The summed E-state index contributed by atoms with van der Waals surface area (Å²) in [7, 11) is 1.48. The van der Waals surface area contributed by atoms with Gasteiger partial charge in [-0.1, -0.05) is 27.7 Å². The van der Waals surface area contributed by atoms with Gasteiger partial charge in [-0.3, -0.25) is 19.1 Å². The van der Waals surface area contributed by atoms with Gasteiger partial charge in [0.2, 0.25) is 0 Å². The highest BCUT2D eigenvalue weighted by Gasteiger charge is 2.24. The molecule has 172 valence electrons. The molecule has 0 fully saturated rings. The molecule has 0 amide bonds. The van der Waals surface area contributed by atoms with Crippen LogP contribution in [0, 0.1) is 0 Å². The lowest BCUT2D eigenvalue weighted by Crippen LogP contribution is -2.31. The minimum absolute atomic E-state index is 0.0355. The van der Waals surface area contributed by atoms with Gasteiger partial charge in [0.15, 0.2) is 16.3 Å². The maximum atomic E-state index is 12.6. The predicted molar refractivity (Wildman–Crippen MR) is 123 cm³/mol. The number of thioether (sulfide) groups is 1. The van der Waals surface area contributed by atoms with Crippen molar-refractivity contribution in [3.8, 4) is 5.75 Å². The third-order valence-corrected chi connectivity index (χ3v) is 6.12. The molecule has 0 radical (unpaired) electrons. The summed E-state index contributed by atoms with van der Waals surface area (Å²) in [5, 5.41) is 10.3. The number of nitrogens with zero attached hydrogens (tertiary/aromatic N) is 3. The summed E-state index contributed by atoms with van der Waals surface area (Å²) in [5.74, 6) is 0.145. The standard InChI is InChI=1S/C20H23BrN4O6S/c1-4-30-18(28)11(2)32-20-22-16-15(17(27)23-19(29)24(16)3)25(20)9-13(26)10-31-14-7-5-12(21)6-8-14/h5-8,11,13,26H,4,9-10H2,1-3H3,(H,23,27,29)/t11-,13+/m1/s1. The van der Waals surface area contributed by atoms with Gasteiger partial charge in [0, 0.05) is 11.5 Å². The number of nitrogens with one attached hydrogen (secondary N) is 1. The number of aliphatic hydroxyl groups is 1. The van der Waals surface area contributed by atoms with Crippen LogP contribution in [0.4, 0.5) is 0 Å². The Morgan fingerprint density at radius 2 is 2.00 bits per heavy atom. The maximum absolute atomic E-state index is 12.6. The van der Waals surface area contributed by atoms with Crippen molar-refractivity contribution in [2.24, 2.45) is 7.05 Å². The summed E-state index contributed by atoms with van der Waals surface area (Å²) < 4.78 is 14.3. The number of imidazole rings is 1. The number of aromatic nitrogens is 4. The van der Waals surface area contributed by atoms with E-state index in [0.717, 1.165) is 16.2 Å². The Balaban J connectivity index is 1.91. The molecule has 1 aromatic carbocycles. The Morgan fingerprint density at radius 3 is 2.66 bits per heavy atom.